The number of aromatic carboxylic acids is 1. The van der Waals surface area contributed by atoms with E-state index in [4.69, 9.17) is 10.8 Å². The maximum Gasteiger partial charge on any atom is 0.337 e. The molecule has 4 heteroatoms. The number of rotatable bonds is 3. The highest BCUT2D eigenvalue weighted by molar-refractivity contribution is 5.95. The average molecular weight is 208 g/mol. The van der Waals surface area contributed by atoms with Crippen molar-refractivity contribution in [1.82, 2.24) is 0 Å². The third kappa shape index (κ3) is 2.40. The summed E-state index contributed by atoms with van der Waals surface area (Å²) in [5, 5.41) is 9.02. The van der Waals surface area contributed by atoms with E-state index in [-0.39, 0.29) is 11.6 Å². The zero-order chi connectivity index (χ0) is 11.6. The van der Waals surface area contributed by atoms with Gasteiger partial charge >= 0.3 is 5.97 Å². The van der Waals surface area contributed by atoms with Crippen LogP contribution in [0.15, 0.2) is 18.2 Å². The highest BCUT2D eigenvalue weighted by Gasteiger charge is 2.15. The summed E-state index contributed by atoms with van der Waals surface area (Å²) in [6.45, 7) is 3.99. The Balaban J connectivity index is 3.24. The van der Waals surface area contributed by atoms with Crippen LogP contribution in [0, 0.1) is 0 Å². The molecule has 0 heterocycles. The SMILES string of the molecule is CC(C)N(C)c1cc(N)ccc1C(=O)O. The van der Waals surface area contributed by atoms with E-state index in [0.29, 0.717) is 11.4 Å². The van der Waals surface area contributed by atoms with Crippen molar-refractivity contribution in [2.75, 3.05) is 17.7 Å². The first kappa shape index (κ1) is 11.4. The number of hydrogen-bond donors (Lipinski definition) is 2. The van der Waals surface area contributed by atoms with Gasteiger partial charge in [0.15, 0.2) is 0 Å². The molecule has 0 spiro atoms. The Bertz CT molecular complexity index is 375. The maximum absolute atomic E-state index is 11.0. The highest BCUT2D eigenvalue weighted by atomic mass is 16.4. The van der Waals surface area contributed by atoms with Gasteiger partial charge in [0.25, 0.3) is 0 Å². The third-order valence-electron chi connectivity index (χ3n) is 2.41. The van der Waals surface area contributed by atoms with Gasteiger partial charge in [-0.05, 0) is 32.0 Å². The molecule has 0 fully saturated rings. The first-order chi connectivity index (χ1) is 6.93. The minimum atomic E-state index is -0.933. The van der Waals surface area contributed by atoms with Gasteiger partial charge < -0.3 is 15.7 Å². The number of benzene rings is 1. The van der Waals surface area contributed by atoms with Crippen molar-refractivity contribution in [2.24, 2.45) is 0 Å². The van der Waals surface area contributed by atoms with E-state index in [2.05, 4.69) is 0 Å². The lowest BCUT2D eigenvalue weighted by Gasteiger charge is -2.25. The van der Waals surface area contributed by atoms with Crippen LogP contribution in [-0.2, 0) is 0 Å². The minimum Gasteiger partial charge on any atom is -0.478 e. The lowest BCUT2D eigenvalue weighted by molar-refractivity contribution is 0.0697. The van der Waals surface area contributed by atoms with Gasteiger partial charge in [-0.2, -0.15) is 0 Å². The molecular weight excluding hydrogens is 192 g/mol. The summed E-state index contributed by atoms with van der Waals surface area (Å²) in [6.07, 6.45) is 0. The molecule has 4 nitrogen and oxygen atoms in total. The summed E-state index contributed by atoms with van der Waals surface area (Å²) < 4.78 is 0. The fourth-order valence-corrected chi connectivity index (χ4v) is 1.30. The van der Waals surface area contributed by atoms with Gasteiger partial charge in [-0.3, -0.25) is 0 Å². The number of hydrogen-bond acceptors (Lipinski definition) is 3. The lowest BCUT2D eigenvalue weighted by atomic mass is 10.1. The summed E-state index contributed by atoms with van der Waals surface area (Å²) >= 11 is 0. The molecule has 0 saturated heterocycles. The zero-order valence-corrected chi connectivity index (χ0v) is 9.19. The molecule has 0 unspecified atom stereocenters. The highest BCUT2D eigenvalue weighted by Crippen LogP contribution is 2.24. The van der Waals surface area contributed by atoms with Gasteiger partial charge in [0.05, 0.1) is 11.3 Å². The Morgan fingerprint density at radius 1 is 1.47 bits per heavy atom. The quantitative estimate of drug-likeness (QED) is 0.743. The molecule has 0 amide bonds. The summed E-state index contributed by atoms with van der Waals surface area (Å²) in [6, 6.07) is 5.04. The van der Waals surface area contributed by atoms with Crippen LogP contribution in [0.25, 0.3) is 0 Å². The monoisotopic (exact) mass is 208 g/mol. The van der Waals surface area contributed by atoms with E-state index in [9.17, 15) is 4.79 Å². The maximum atomic E-state index is 11.0. The van der Waals surface area contributed by atoms with E-state index in [0.717, 1.165) is 0 Å². The standard InChI is InChI=1S/C11H16N2O2/c1-7(2)13(3)10-6-8(12)4-5-9(10)11(14)15/h4-7H,12H2,1-3H3,(H,14,15). The van der Waals surface area contributed by atoms with E-state index < -0.39 is 5.97 Å². The van der Waals surface area contributed by atoms with E-state index in [1.807, 2.05) is 25.8 Å². The van der Waals surface area contributed by atoms with Crippen molar-refractivity contribution in [1.29, 1.82) is 0 Å². The molecule has 1 rings (SSSR count). The number of carbonyl (C=O) groups is 1. The minimum absolute atomic E-state index is 0.227. The van der Waals surface area contributed by atoms with Crippen molar-refractivity contribution in [2.45, 2.75) is 19.9 Å². The fourth-order valence-electron chi connectivity index (χ4n) is 1.30. The van der Waals surface area contributed by atoms with Crippen molar-refractivity contribution in [3.05, 3.63) is 23.8 Å². The molecule has 0 bridgehead atoms. The summed E-state index contributed by atoms with van der Waals surface area (Å²) in [7, 11) is 1.85. The van der Waals surface area contributed by atoms with Crippen LogP contribution in [0.2, 0.25) is 0 Å². The van der Waals surface area contributed by atoms with Gasteiger partial charge in [0.1, 0.15) is 0 Å². The first-order valence-electron chi connectivity index (χ1n) is 4.79. The Labute approximate surface area is 89.3 Å². The molecule has 0 aromatic heterocycles. The largest absolute Gasteiger partial charge is 0.478 e. The van der Waals surface area contributed by atoms with Crippen LogP contribution in [-0.4, -0.2) is 24.2 Å². The predicted octanol–water partition coefficient (Wildman–Crippen LogP) is 1.81. The molecule has 3 N–H and O–H groups in total. The second-order valence-corrected chi connectivity index (χ2v) is 3.79. The van der Waals surface area contributed by atoms with E-state index >= 15 is 0 Å². The smallest absolute Gasteiger partial charge is 0.337 e. The van der Waals surface area contributed by atoms with Crippen molar-refractivity contribution < 1.29 is 9.90 Å². The molecule has 0 aliphatic carbocycles. The summed E-state index contributed by atoms with van der Waals surface area (Å²) in [5.74, 6) is -0.933. The topological polar surface area (TPSA) is 66.6 Å². The van der Waals surface area contributed by atoms with Crippen LogP contribution in [0.5, 0.6) is 0 Å². The number of carboxylic acid groups (broad SMARTS) is 1. The molecule has 0 saturated carbocycles. The lowest BCUT2D eigenvalue weighted by Crippen LogP contribution is -2.27. The van der Waals surface area contributed by atoms with Crippen molar-refractivity contribution in [3.63, 3.8) is 0 Å². The van der Waals surface area contributed by atoms with Gasteiger partial charge in [-0.15, -0.1) is 0 Å². The molecule has 0 atom stereocenters. The van der Waals surface area contributed by atoms with Gasteiger partial charge in [-0.25, -0.2) is 4.79 Å². The molecule has 15 heavy (non-hydrogen) atoms. The number of carboxylic acids is 1. The Hall–Kier alpha value is -1.71. The normalized spacial score (nSPS) is 10.4. The Morgan fingerprint density at radius 2 is 2.07 bits per heavy atom. The average Bonchev–Trinajstić information content (AvgIpc) is 2.15. The number of anilines is 2. The zero-order valence-electron chi connectivity index (χ0n) is 9.19. The molecular formula is C11H16N2O2. The van der Waals surface area contributed by atoms with Crippen molar-refractivity contribution in [3.8, 4) is 0 Å². The molecule has 0 aliphatic rings. The summed E-state index contributed by atoms with van der Waals surface area (Å²) in [5.41, 5.74) is 7.15. The molecule has 0 aliphatic heterocycles. The first-order valence-corrected chi connectivity index (χ1v) is 4.79. The Morgan fingerprint density at radius 3 is 2.53 bits per heavy atom. The molecule has 82 valence electrons. The van der Waals surface area contributed by atoms with Crippen LogP contribution < -0.4 is 10.6 Å². The van der Waals surface area contributed by atoms with Crippen LogP contribution >= 0.6 is 0 Å². The van der Waals surface area contributed by atoms with Crippen LogP contribution in [0.4, 0.5) is 11.4 Å². The Kier molecular flexibility index (Phi) is 3.19. The van der Waals surface area contributed by atoms with Crippen LogP contribution in [0.3, 0.4) is 0 Å². The van der Waals surface area contributed by atoms with Crippen LogP contribution in [0.1, 0.15) is 24.2 Å². The molecule has 0 radical (unpaired) electrons. The predicted molar refractivity (Wildman–Crippen MR) is 61.4 cm³/mol. The fraction of sp³-hybridized carbons (Fsp3) is 0.364. The molecule has 1 aromatic rings. The van der Waals surface area contributed by atoms with Crippen molar-refractivity contribution >= 4 is 17.3 Å². The molecule has 1 aromatic carbocycles. The second-order valence-electron chi connectivity index (χ2n) is 3.79. The number of nitrogens with two attached hydrogens (primary N) is 1. The van der Waals surface area contributed by atoms with E-state index in [1.54, 1.807) is 12.1 Å². The van der Waals surface area contributed by atoms with E-state index in [1.165, 1.54) is 6.07 Å². The number of nitrogens with zero attached hydrogens (tertiary/aromatic N) is 1. The number of nitrogen functional groups attached to an aromatic ring is 1. The summed E-state index contributed by atoms with van der Waals surface area (Å²) in [4.78, 5) is 12.9. The second kappa shape index (κ2) is 4.21. The van der Waals surface area contributed by atoms with Gasteiger partial charge in [0.2, 0.25) is 0 Å². The third-order valence-corrected chi connectivity index (χ3v) is 2.41. The van der Waals surface area contributed by atoms with Gasteiger partial charge in [-0.1, -0.05) is 0 Å². The van der Waals surface area contributed by atoms with Gasteiger partial charge in [0, 0.05) is 18.8 Å².